The Morgan fingerprint density at radius 1 is 0.283 bits per heavy atom. The zero-order valence-corrected chi connectivity index (χ0v) is 49.1. The molecular weight excluding hydrogens is 1140 g/mol. The molecule has 0 atom stereocenters. The molecule has 16 aromatic rings. The maximum Gasteiger partial charge on any atom is 0.420 e. The fraction of sp³-hybridized carbons (Fsp3) is 0.0122. The summed E-state index contributed by atoms with van der Waals surface area (Å²) in [7, 11) is 0. The Morgan fingerprint density at radius 3 is 0.913 bits per heavy atom. The van der Waals surface area contributed by atoms with Gasteiger partial charge in [-0.15, -0.1) is 0 Å². The second-order valence-electron chi connectivity index (χ2n) is 22.7. The normalized spacial score (nSPS) is 11.6. The lowest BCUT2D eigenvalue weighted by Crippen LogP contribution is -2.17. The van der Waals surface area contributed by atoms with Crippen LogP contribution in [0.15, 0.2) is 303 Å². The van der Waals surface area contributed by atoms with Crippen molar-refractivity contribution in [2.75, 3.05) is 0 Å². The number of nitrogens with zero attached hydrogens (tertiary/aromatic N) is 7. The minimum Gasteiger partial charge on any atom is -0.309 e. The number of pyridine rings is 4. The quantitative estimate of drug-likeness (QED) is 0.129. The van der Waals surface area contributed by atoms with Gasteiger partial charge in [-0.1, -0.05) is 212 Å². The van der Waals surface area contributed by atoms with E-state index in [4.69, 9.17) is 19.9 Å². The Hall–Kier alpha value is -12.3. The Kier molecular flexibility index (Phi) is 13.6. The molecule has 0 saturated carbocycles. The van der Waals surface area contributed by atoms with E-state index < -0.39 is 11.7 Å². The third-order valence-electron chi connectivity index (χ3n) is 17.2. The summed E-state index contributed by atoms with van der Waals surface area (Å²) < 4.78 is 57.6. The minimum absolute atomic E-state index is 0.115. The van der Waals surface area contributed by atoms with Gasteiger partial charge in [0.1, 0.15) is 5.56 Å². The van der Waals surface area contributed by atoms with E-state index in [-0.39, 0.29) is 16.9 Å². The van der Waals surface area contributed by atoms with Gasteiger partial charge >= 0.3 is 6.18 Å². The van der Waals surface area contributed by atoms with Gasteiger partial charge in [0.25, 0.3) is 0 Å². The van der Waals surface area contributed by atoms with Crippen LogP contribution in [0.25, 0.3) is 156 Å². The molecule has 0 unspecified atom stereocenters. The highest BCUT2D eigenvalue weighted by atomic mass is 19.4. The van der Waals surface area contributed by atoms with Crippen LogP contribution in [-0.2, 0) is 6.18 Å². The van der Waals surface area contributed by atoms with Crippen molar-refractivity contribution in [1.82, 2.24) is 29.1 Å². The molecule has 0 aliphatic rings. The summed E-state index contributed by atoms with van der Waals surface area (Å²) in [4.78, 5) is 20.6. The standard InChI is InChI=1S/C82H50F3N7/c83-82(84,85)80-75(91-76-47-58(71-32-14-28-67(87-71)53-19-5-1-6-20-53)36-40-63(76)64-41-37-59(48-77(64)91)72-33-15-29-68(88-72)54-21-7-2-8-22-54)45-44-62(57-27-13-18-52(46-57)51-86)81(80)92-78-49-60(73-34-16-30-69(89-73)55-23-9-3-10-24-55)38-42-65(78)66-43-39-61(50-79(66)92)74-35-17-31-70(90-74)56-25-11-4-12-26-56/h1-50H. The predicted molar refractivity (Wildman–Crippen MR) is 365 cm³/mol. The summed E-state index contributed by atoms with van der Waals surface area (Å²) in [5, 5.41) is 13.4. The second kappa shape index (κ2) is 22.7. The maximum absolute atomic E-state index is 18.0. The Balaban J connectivity index is 1.02. The summed E-state index contributed by atoms with van der Waals surface area (Å²) in [5.74, 6) is 0. The van der Waals surface area contributed by atoms with Crippen molar-refractivity contribution in [2.45, 2.75) is 6.18 Å². The predicted octanol–water partition coefficient (Wildman–Crippen LogP) is 21.4. The molecule has 0 amide bonds. The molecule has 0 N–H and O–H groups in total. The molecule has 6 aromatic heterocycles. The molecule has 7 nitrogen and oxygen atoms in total. The molecule has 6 heterocycles. The first-order valence-electron chi connectivity index (χ1n) is 30.2. The average Bonchev–Trinajstić information content (AvgIpc) is 1.52. The van der Waals surface area contributed by atoms with E-state index in [2.05, 4.69) is 6.07 Å². The van der Waals surface area contributed by atoms with Crippen LogP contribution in [-0.4, -0.2) is 29.1 Å². The summed E-state index contributed by atoms with van der Waals surface area (Å²) in [6.07, 6.45) is -5.04. The number of alkyl halides is 3. The molecule has 92 heavy (non-hydrogen) atoms. The SMILES string of the molecule is N#Cc1cccc(-c2ccc(-n3c4cc(-c5cccc(-c6ccccc6)n5)ccc4c4ccc(-c5cccc(-c6ccccc6)n5)cc43)c(C(F)(F)F)c2-n2c3cc(-c4cccc(-c5ccccc5)n4)ccc3c3ccc(-c4cccc(-c5ccccc5)n4)cc32)c1. The number of hydrogen-bond donors (Lipinski definition) is 0. The molecule has 0 aliphatic heterocycles. The van der Waals surface area contributed by atoms with Gasteiger partial charge < -0.3 is 9.13 Å². The van der Waals surface area contributed by atoms with Gasteiger partial charge in [-0.05, 0) is 96.6 Å². The van der Waals surface area contributed by atoms with Crippen molar-refractivity contribution in [3.05, 3.63) is 314 Å². The van der Waals surface area contributed by atoms with Crippen LogP contribution in [0.3, 0.4) is 0 Å². The highest BCUT2D eigenvalue weighted by Gasteiger charge is 2.41. The van der Waals surface area contributed by atoms with Crippen LogP contribution in [0, 0.1) is 11.3 Å². The molecular formula is C82H50F3N7. The van der Waals surface area contributed by atoms with Crippen molar-refractivity contribution in [1.29, 1.82) is 5.26 Å². The summed E-state index contributed by atoms with van der Waals surface area (Å²) in [5.41, 5.74) is 14.1. The number of benzene rings is 10. The van der Waals surface area contributed by atoms with Crippen molar-refractivity contribution in [3.63, 3.8) is 0 Å². The third-order valence-corrected chi connectivity index (χ3v) is 17.2. The maximum atomic E-state index is 18.0. The number of halogens is 3. The third kappa shape index (κ3) is 9.91. The first kappa shape index (κ1) is 55.0. The lowest BCUT2D eigenvalue weighted by Gasteiger charge is -2.25. The molecule has 0 aliphatic carbocycles. The van der Waals surface area contributed by atoms with Gasteiger partial charge in [-0.2, -0.15) is 18.4 Å². The van der Waals surface area contributed by atoms with Gasteiger partial charge in [-0.25, -0.2) is 19.9 Å². The smallest absolute Gasteiger partial charge is 0.309 e. The summed E-state index contributed by atoms with van der Waals surface area (Å²) in [6.45, 7) is 0. The second-order valence-corrected chi connectivity index (χ2v) is 22.7. The molecule has 0 saturated heterocycles. The van der Waals surface area contributed by atoms with Crippen molar-refractivity contribution < 1.29 is 13.2 Å². The summed E-state index contributed by atoms with van der Waals surface area (Å²) in [6, 6.07) is 99.1. The van der Waals surface area contributed by atoms with Gasteiger partial charge in [0, 0.05) is 71.6 Å². The molecule has 434 valence electrons. The van der Waals surface area contributed by atoms with Gasteiger partial charge in [-0.3, -0.25) is 0 Å². The van der Waals surface area contributed by atoms with Crippen LogP contribution < -0.4 is 0 Å². The minimum atomic E-state index is -5.04. The topological polar surface area (TPSA) is 85.2 Å². The Labute approximate surface area is 527 Å². The number of rotatable bonds is 11. The van der Waals surface area contributed by atoms with Crippen LogP contribution in [0.4, 0.5) is 13.2 Å². The molecule has 0 bridgehead atoms. The zero-order valence-electron chi connectivity index (χ0n) is 49.1. The largest absolute Gasteiger partial charge is 0.420 e. The number of fused-ring (bicyclic) bond motifs is 6. The molecule has 0 spiro atoms. The molecule has 10 heteroatoms. The fourth-order valence-corrected chi connectivity index (χ4v) is 12.9. The zero-order chi connectivity index (χ0) is 61.9. The lowest BCUT2D eigenvalue weighted by molar-refractivity contribution is -0.137. The van der Waals surface area contributed by atoms with Crippen LogP contribution in [0.5, 0.6) is 0 Å². The van der Waals surface area contributed by atoms with E-state index in [1.807, 2.05) is 267 Å². The first-order chi connectivity index (χ1) is 45.2. The molecule has 0 radical (unpaired) electrons. The Bertz CT molecular complexity index is 5300. The van der Waals surface area contributed by atoms with Gasteiger partial charge in [0.15, 0.2) is 0 Å². The van der Waals surface area contributed by atoms with Crippen molar-refractivity contribution in [3.8, 4) is 119 Å². The number of aromatic nitrogens is 6. The fourth-order valence-electron chi connectivity index (χ4n) is 12.9. The van der Waals surface area contributed by atoms with Crippen molar-refractivity contribution >= 4 is 43.6 Å². The van der Waals surface area contributed by atoms with Gasteiger partial charge in [0.2, 0.25) is 0 Å². The molecule has 16 rings (SSSR count). The monoisotopic (exact) mass is 1190 g/mol. The highest BCUT2D eigenvalue weighted by Crippen LogP contribution is 2.49. The Morgan fingerprint density at radius 2 is 0.587 bits per heavy atom. The molecule has 0 fully saturated rings. The van der Waals surface area contributed by atoms with Gasteiger partial charge in [0.05, 0.1) is 90.6 Å². The first-order valence-corrected chi connectivity index (χ1v) is 30.2. The number of hydrogen-bond acceptors (Lipinski definition) is 5. The van der Waals surface area contributed by atoms with Crippen molar-refractivity contribution in [2.24, 2.45) is 0 Å². The molecule has 10 aromatic carbocycles. The van der Waals surface area contributed by atoms with Crippen LogP contribution in [0.1, 0.15) is 11.1 Å². The average molecular weight is 1190 g/mol. The highest BCUT2D eigenvalue weighted by molar-refractivity contribution is 6.13. The van der Waals surface area contributed by atoms with E-state index in [9.17, 15) is 5.26 Å². The van der Waals surface area contributed by atoms with E-state index >= 15 is 13.2 Å². The van der Waals surface area contributed by atoms with E-state index in [0.29, 0.717) is 78.2 Å². The van der Waals surface area contributed by atoms with E-state index in [0.717, 1.165) is 66.6 Å². The summed E-state index contributed by atoms with van der Waals surface area (Å²) >= 11 is 0. The number of nitriles is 1. The van der Waals surface area contributed by atoms with E-state index in [1.165, 1.54) is 0 Å². The lowest BCUT2D eigenvalue weighted by atomic mass is 9.96. The van der Waals surface area contributed by atoms with Crippen LogP contribution >= 0.6 is 0 Å². The van der Waals surface area contributed by atoms with Crippen LogP contribution in [0.2, 0.25) is 0 Å². The van der Waals surface area contributed by atoms with E-state index in [1.54, 1.807) is 45.5 Å².